The van der Waals surface area contributed by atoms with Gasteiger partial charge in [0.25, 0.3) is 0 Å². The molecule has 0 saturated carbocycles. The number of nitrogens with two attached hydrogens (primary N) is 1. The lowest BCUT2D eigenvalue weighted by atomic mass is 10.1. The van der Waals surface area contributed by atoms with Crippen molar-refractivity contribution in [1.82, 2.24) is 4.98 Å². The third kappa shape index (κ3) is 2.25. The predicted octanol–water partition coefficient (Wildman–Crippen LogP) is 2.42. The number of hydrazine groups is 1. The normalized spacial score (nSPS) is 10.2. The molecule has 0 radical (unpaired) electrons. The van der Waals surface area contributed by atoms with Crippen molar-refractivity contribution in [3.63, 3.8) is 0 Å². The molecule has 0 bridgehead atoms. The van der Waals surface area contributed by atoms with E-state index in [-0.39, 0.29) is 0 Å². The third-order valence-electron chi connectivity index (χ3n) is 2.59. The first-order valence-electron chi connectivity index (χ1n) is 5.34. The zero-order chi connectivity index (χ0) is 13.1. The smallest absolute Gasteiger partial charge is 0.151 e. The standard InChI is InChI=1S/C12H15N3O2S/c1-7-4-8(16-2)5-9(17-3)11(7)12-14-10(15-13)6-18-12/h4-6,15H,13H2,1-3H3. The summed E-state index contributed by atoms with van der Waals surface area (Å²) < 4.78 is 10.6. The maximum atomic E-state index is 5.40. The van der Waals surface area contributed by atoms with Crippen molar-refractivity contribution in [1.29, 1.82) is 0 Å². The van der Waals surface area contributed by atoms with Gasteiger partial charge in [-0.15, -0.1) is 11.3 Å². The van der Waals surface area contributed by atoms with Crippen LogP contribution in [0.5, 0.6) is 11.5 Å². The Labute approximate surface area is 110 Å². The van der Waals surface area contributed by atoms with Crippen molar-refractivity contribution in [2.45, 2.75) is 6.92 Å². The minimum absolute atomic E-state index is 0.646. The summed E-state index contributed by atoms with van der Waals surface area (Å²) in [4.78, 5) is 4.39. The molecule has 0 spiro atoms. The summed E-state index contributed by atoms with van der Waals surface area (Å²) in [6, 6.07) is 3.80. The van der Waals surface area contributed by atoms with Crippen molar-refractivity contribution in [3.05, 3.63) is 23.1 Å². The van der Waals surface area contributed by atoms with Gasteiger partial charge in [0.2, 0.25) is 0 Å². The predicted molar refractivity (Wildman–Crippen MR) is 73.2 cm³/mol. The fourth-order valence-electron chi connectivity index (χ4n) is 1.73. The monoisotopic (exact) mass is 265 g/mol. The highest BCUT2D eigenvalue weighted by Crippen LogP contribution is 2.38. The van der Waals surface area contributed by atoms with Crippen molar-refractivity contribution in [2.24, 2.45) is 5.84 Å². The second-order valence-corrected chi connectivity index (χ2v) is 4.56. The highest BCUT2D eigenvalue weighted by Gasteiger charge is 2.14. The molecule has 0 aliphatic heterocycles. The summed E-state index contributed by atoms with van der Waals surface area (Å²) >= 11 is 1.51. The fraction of sp³-hybridized carbons (Fsp3) is 0.250. The topological polar surface area (TPSA) is 69.4 Å². The number of nitrogens with one attached hydrogen (secondary N) is 1. The van der Waals surface area contributed by atoms with Crippen molar-refractivity contribution >= 4 is 17.2 Å². The number of aryl methyl sites for hydroxylation is 1. The lowest BCUT2D eigenvalue weighted by Gasteiger charge is -2.11. The largest absolute Gasteiger partial charge is 0.497 e. The Morgan fingerprint density at radius 3 is 2.61 bits per heavy atom. The number of nitrogen functional groups attached to an aromatic ring is 1. The number of hydrogen-bond donors (Lipinski definition) is 2. The van der Waals surface area contributed by atoms with E-state index in [9.17, 15) is 0 Å². The van der Waals surface area contributed by atoms with Crippen LogP contribution in [0.1, 0.15) is 5.56 Å². The molecule has 6 heteroatoms. The van der Waals surface area contributed by atoms with Gasteiger partial charge < -0.3 is 14.9 Å². The Kier molecular flexibility index (Phi) is 3.69. The summed E-state index contributed by atoms with van der Waals surface area (Å²) in [6.07, 6.45) is 0. The van der Waals surface area contributed by atoms with Gasteiger partial charge in [0.05, 0.1) is 19.8 Å². The molecule has 96 valence electrons. The highest BCUT2D eigenvalue weighted by atomic mass is 32.1. The van der Waals surface area contributed by atoms with Crippen LogP contribution in [0.4, 0.5) is 5.82 Å². The Hall–Kier alpha value is -1.79. The number of thiazole rings is 1. The molecule has 0 fully saturated rings. The summed E-state index contributed by atoms with van der Waals surface area (Å²) in [7, 11) is 3.27. The Morgan fingerprint density at radius 2 is 2.06 bits per heavy atom. The molecule has 0 aliphatic carbocycles. The van der Waals surface area contributed by atoms with Crippen LogP contribution in [0.2, 0.25) is 0 Å². The van der Waals surface area contributed by atoms with E-state index in [1.807, 2.05) is 24.4 Å². The molecule has 1 aromatic carbocycles. The van der Waals surface area contributed by atoms with Gasteiger partial charge in [-0.05, 0) is 18.6 Å². The average molecular weight is 265 g/mol. The summed E-state index contributed by atoms with van der Waals surface area (Å²) in [5.74, 6) is 7.49. The number of methoxy groups -OCH3 is 2. The number of benzene rings is 1. The molecule has 18 heavy (non-hydrogen) atoms. The van der Waals surface area contributed by atoms with E-state index in [0.717, 1.165) is 27.6 Å². The number of anilines is 1. The number of ether oxygens (including phenoxy) is 2. The Morgan fingerprint density at radius 1 is 1.28 bits per heavy atom. The van der Waals surface area contributed by atoms with E-state index in [1.165, 1.54) is 11.3 Å². The molecule has 0 saturated heterocycles. The van der Waals surface area contributed by atoms with Gasteiger partial charge in [0, 0.05) is 11.4 Å². The van der Waals surface area contributed by atoms with Gasteiger partial charge in [-0.2, -0.15) is 0 Å². The number of rotatable bonds is 4. The SMILES string of the molecule is COc1cc(C)c(-c2nc(NN)cs2)c(OC)c1. The molecule has 2 rings (SSSR count). The van der Waals surface area contributed by atoms with Crippen LogP contribution in [0.3, 0.4) is 0 Å². The molecule has 5 nitrogen and oxygen atoms in total. The first-order chi connectivity index (χ1) is 8.69. The minimum Gasteiger partial charge on any atom is -0.497 e. The molecule has 2 aromatic rings. The van der Waals surface area contributed by atoms with Crippen molar-refractivity contribution in [2.75, 3.05) is 19.6 Å². The van der Waals surface area contributed by atoms with E-state index in [0.29, 0.717) is 5.82 Å². The Bertz CT molecular complexity index is 554. The van der Waals surface area contributed by atoms with E-state index in [4.69, 9.17) is 15.3 Å². The lowest BCUT2D eigenvalue weighted by molar-refractivity contribution is 0.395. The van der Waals surface area contributed by atoms with Crippen molar-refractivity contribution in [3.8, 4) is 22.1 Å². The molecule has 0 amide bonds. The number of aromatic nitrogens is 1. The van der Waals surface area contributed by atoms with E-state index in [1.54, 1.807) is 14.2 Å². The van der Waals surface area contributed by atoms with E-state index in [2.05, 4.69) is 10.4 Å². The quantitative estimate of drug-likeness (QED) is 0.656. The first-order valence-corrected chi connectivity index (χ1v) is 6.22. The summed E-state index contributed by atoms with van der Waals surface area (Å²) in [5, 5.41) is 2.72. The van der Waals surface area contributed by atoms with Gasteiger partial charge in [0.15, 0.2) is 5.82 Å². The van der Waals surface area contributed by atoms with Crippen LogP contribution in [-0.4, -0.2) is 19.2 Å². The lowest BCUT2D eigenvalue weighted by Crippen LogP contribution is -2.06. The van der Waals surface area contributed by atoms with Gasteiger partial charge in [-0.1, -0.05) is 0 Å². The van der Waals surface area contributed by atoms with Crippen molar-refractivity contribution < 1.29 is 9.47 Å². The summed E-state index contributed by atoms with van der Waals surface area (Å²) in [5.41, 5.74) is 4.54. The van der Waals surface area contributed by atoms with Gasteiger partial charge in [-0.3, -0.25) is 0 Å². The maximum Gasteiger partial charge on any atom is 0.151 e. The number of nitrogens with zero attached hydrogens (tertiary/aromatic N) is 1. The molecular formula is C12H15N3O2S. The molecule has 3 N–H and O–H groups in total. The zero-order valence-corrected chi connectivity index (χ0v) is 11.3. The van der Waals surface area contributed by atoms with Crippen LogP contribution >= 0.6 is 11.3 Å². The fourth-order valence-corrected chi connectivity index (χ4v) is 2.61. The van der Waals surface area contributed by atoms with Crippen LogP contribution in [0.25, 0.3) is 10.6 Å². The second-order valence-electron chi connectivity index (χ2n) is 3.70. The minimum atomic E-state index is 0.646. The van der Waals surface area contributed by atoms with Crippen LogP contribution in [-0.2, 0) is 0 Å². The number of hydrogen-bond acceptors (Lipinski definition) is 6. The zero-order valence-electron chi connectivity index (χ0n) is 10.5. The first kappa shape index (κ1) is 12.7. The van der Waals surface area contributed by atoms with Gasteiger partial charge in [0.1, 0.15) is 16.5 Å². The van der Waals surface area contributed by atoms with Gasteiger partial charge >= 0.3 is 0 Å². The molecule has 0 atom stereocenters. The third-order valence-corrected chi connectivity index (χ3v) is 3.45. The highest BCUT2D eigenvalue weighted by molar-refractivity contribution is 7.13. The van der Waals surface area contributed by atoms with E-state index >= 15 is 0 Å². The molecular weight excluding hydrogens is 250 g/mol. The second kappa shape index (κ2) is 5.24. The van der Waals surface area contributed by atoms with Crippen LogP contribution in [0, 0.1) is 6.92 Å². The molecule has 1 heterocycles. The Balaban J connectivity index is 2.55. The molecule has 1 aromatic heterocycles. The van der Waals surface area contributed by atoms with Crippen LogP contribution in [0.15, 0.2) is 17.5 Å². The average Bonchev–Trinajstić information content (AvgIpc) is 2.85. The maximum absolute atomic E-state index is 5.40. The molecule has 0 aliphatic rings. The van der Waals surface area contributed by atoms with Gasteiger partial charge in [-0.25, -0.2) is 10.8 Å². The molecule has 0 unspecified atom stereocenters. The summed E-state index contributed by atoms with van der Waals surface area (Å²) in [6.45, 7) is 2.00. The van der Waals surface area contributed by atoms with E-state index < -0.39 is 0 Å². The van der Waals surface area contributed by atoms with Crippen LogP contribution < -0.4 is 20.7 Å².